The molecule has 0 radical (unpaired) electrons. The molecule has 0 aliphatic rings. The van der Waals surface area contributed by atoms with Crippen molar-refractivity contribution in [2.24, 2.45) is 10.7 Å². The van der Waals surface area contributed by atoms with Crippen LogP contribution in [0, 0.1) is 6.92 Å². The van der Waals surface area contributed by atoms with Crippen molar-refractivity contribution in [3.05, 3.63) is 71.9 Å². The van der Waals surface area contributed by atoms with Gasteiger partial charge in [-0.1, -0.05) is 74.5 Å². The van der Waals surface area contributed by atoms with Crippen LogP contribution in [0.5, 0.6) is 0 Å². The van der Waals surface area contributed by atoms with Crippen LogP contribution in [0.2, 0.25) is 0 Å². The van der Waals surface area contributed by atoms with Crippen molar-refractivity contribution >= 4 is 5.96 Å². The minimum absolute atomic E-state index is 0.472. The summed E-state index contributed by atoms with van der Waals surface area (Å²) in [5, 5.41) is 0. The summed E-state index contributed by atoms with van der Waals surface area (Å²) in [4.78, 5) is 5.80. The van der Waals surface area contributed by atoms with Gasteiger partial charge < -0.3 is 10.6 Å². The van der Waals surface area contributed by atoms with Gasteiger partial charge in [0.2, 0.25) is 0 Å². The van der Waals surface area contributed by atoms with Crippen LogP contribution < -0.4 is 5.73 Å². The van der Waals surface area contributed by atoms with Crippen LogP contribution in [0.3, 0.4) is 0 Å². The van der Waals surface area contributed by atoms with E-state index in [-0.39, 0.29) is 0 Å². The van der Waals surface area contributed by atoms with Crippen molar-refractivity contribution < 1.29 is 0 Å². The number of rotatable bonds is 4. The monoisotopic (exact) mass is 323 g/mol. The number of hydrogen-bond donors (Lipinski definition) is 1. The molecule has 0 aromatic heterocycles. The Balaban J connectivity index is 0.00000139. The Hall–Kier alpha value is -2.55. The molecule has 2 N–H and O–H groups in total. The minimum Gasteiger partial charge on any atom is -0.370 e. The van der Waals surface area contributed by atoms with E-state index in [1.807, 2.05) is 25.8 Å². The van der Waals surface area contributed by atoms with E-state index >= 15 is 0 Å². The largest absolute Gasteiger partial charge is 0.370 e. The highest BCUT2D eigenvalue weighted by molar-refractivity contribution is 5.79. The first-order valence-corrected chi connectivity index (χ1v) is 8.31. The molecule has 0 bridgehead atoms. The summed E-state index contributed by atoms with van der Waals surface area (Å²) in [6.07, 6.45) is 0.742. The fraction of sp³-hybridized carbons (Fsp3) is 0.286. The normalized spacial score (nSPS) is 10.6. The van der Waals surface area contributed by atoms with Crippen LogP contribution in [-0.2, 0) is 6.42 Å². The number of nitrogens with two attached hydrogens (primary N) is 1. The van der Waals surface area contributed by atoms with E-state index in [0.29, 0.717) is 5.96 Å². The molecule has 0 aliphatic heterocycles. The summed E-state index contributed by atoms with van der Waals surface area (Å²) in [5.41, 5.74) is 11.7. The topological polar surface area (TPSA) is 41.6 Å². The number of guanidine groups is 1. The van der Waals surface area contributed by atoms with Crippen molar-refractivity contribution in [1.82, 2.24) is 4.90 Å². The Labute approximate surface area is 146 Å². The first-order chi connectivity index (χ1) is 11.5. The average Bonchev–Trinajstić information content (AvgIpc) is 2.62. The summed E-state index contributed by atoms with van der Waals surface area (Å²) in [7, 11) is 3.56. The first kappa shape index (κ1) is 19.5. The molecule has 0 saturated heterocycles. The third-order valence-corrected chi connectivity index (χ3v) is 3.73. The van der Waals surface area contributed by atoms with Crippen LogP contribution in [0.1, 0.15) is 25.0 Å². The van der Waals surface area contributed by atoms with E-state index in [9.17, 15) is 0 Å². The second-order valence-corrected chi connectivity index (χ2v) is 5.45. The highest BCUT2D eigenvalue weighted by Crippen LogP contribution is 2.22. The maximum absolute atomic E-state index is 5.82. The lowest BCUT2D eigenvalue weighted by molar-refractivity contribution is 0.600. The maximum Gasteiger partial charge on any atom is 0.195 e. The highest BCUT2D eigenvalue weighted by atomic mass is 15.2. The fourth-order valence-corrected chi connectivity index (χ4v) is 2.35. The lowest BCUT2D eigenvalue weighted by Crippen LogP contribution is -2.33. The number of aliphatic imine (C=N–C) groups is 1. The molecule has 2 aromatic rings. The lowest BCUT2D eigenvalue weighted by Gasteiger charge is -2.20. The molecule has 24 heavy (non-hydrogen) atoms. The van der Waals surface area contributed by atoms with E-state index in [2.05, 4.69) is 67.0 Å². The molecular formula is C21H29N3. The van der Waals surface area contributed by atoms with Gasteiger partial charge >= 0.3 is 0 Å². The molecule has 128 valence electrons. The van der Waals surface area contributed by atoms with Gasteiger partial charge in [0.15, 0.2) is 5.96 Å². The van der Waals surface area contributed by atoms with Gasteiger partial charge in [-0.25, -0.2) is 0 Å². The Bertz CT molecular complexity index is 702. The van der Waals surface area contributed by atoms with Gasteiger partial charge in [0.1, 0.15) is 0 Å². The third-order valence-electron chi connectivity index (χ3n) is 3.73. The number of aryl methyl sites for hydroxylation is 1. The van der Waals surface area contributed by atoms with Crippen LogP contribution in [0.15, 0.2) is 65.8 Å². The summed E-state index contributed by atoms with van der Waals surface area (Å²) >= 11 is 0. The van der Waals surface area contributed by atoms with Gasteiger partial charge in [0.25, 0.3) is 0 Å². The van der Waals surface area contributed by atoms with Crippen molar-refractivity contribution in [3.8, 4) is 11.1 Å². The van der Waals surface area contributed by atoms with Gasteiger partial charge in [0.05, 0.1) is 0 Å². The zero-order valence-corrected chi connectivity index (χ0v) is 15.5. The molecule has 0 unspecified atom stereocenters. The summed E-state index contributed by atoms with van der Waals surface area (Å²) < 4.78 is 0. The molecule has 2 rings (SSSR count). The summed E-state index contributed by atoms with van der Waals surface area (Å²) in [5.74, 6) is 0.472. The maximum atomic E-state index is 5.82. The van der Waals surface area contributed by atoms with E-state index in [4.69, 9.17) is 5.73 Å². The van der Waals surface area contributed by atoms with Crippen molar-refractivity contribution in [3.63, 3.8) is 0 Å². The smallest absolute Gasteiger partial charge is 0.195 e. The highest BCUT2D eigenvalue weighted by Gasteiger charge is 2.07. The molecular weight excluding hydrogens is 294 g/mol. The van der Waals surface area contributed by atoms with Gasteiger partial charge in [-0.2, -0.15) is 0 Å². The zero-order chi connectivity index (χ0) is 18.1. The number of allylic oxidation sites excluding steroid dienone is 1. The minimum atomic E-state index is 0.472. The fourth-order valence-electron chi connectivity index (χ4n) is 2.35. The van der Waals surface area contributed by atoms with Gasteiger partial charge in [0, 0.05) is 26.2 Å². The number of nitrogens with zero attached hydrogens (tertiary/aromatic N) is 2. The zero-order valence-electron chi connectivity index (χ0n) is 15.5. The molecule has 0 aliphatic carbocycles. The predicted molar refractivity (Wildman–Crippen MR) is 106 cm³/mol. The van der Waals surface area contributed by atoms with Crippen molar-refractivity contribution in [2.45, 2.75) is 27.2 Å². The quantitative estimate of drug-likeness (QED) is 0.659. The van der Waals surface area contributed by atoms with Crippen LogP contribution >= 0.6 is 0 Å². The van der Waals surface area contributed by atoms with E-state index in [1.165, 1.54) is 22.3 Å². The number of benzene rings is 2. The Kier molecular flexibility index (Phi) is 7.76. The standard InChI is InChI=1S/C19H23N3.C2H6/c1-14-7-5-9-17(11-14)18-10-6-8-16(13-18)12-15(2)22(4)19(20)21-3;1-2/h5-11,13H,2,12H2,1,3-4H3,(H2,20,21);1-2H3. The Morgan fingerprint density at radius 3 is 2.25 bits per heavy atom. The molecule has 0 spiro atoms. The van der Waals surface area contributed by atoms with Gasteiger partial charge in [-0.05, 0) is 23.6 Å². The Morgan fingerprint density at radius 2 is 1.67 bits per heavy atom. The molecule has 3 nitrogen and oxygen atoms in total. The molecule has 0 heterocycles. The molecule has 0 atom stereocenters. The van der Waals surface area contributed by atoms with Crippen LogP contribution in [-0.4, -0.2) is 25.0 Å². The van der Waals surface area contributed by atoms with Gasteiger partial charge in [-0.3, -0.25) is 4.99 Å². The van der Waals surface area contributed by atoms with Gasteiger partial charge in [-0.15, -0.1) is 0 Å². The third kappa shape index (κ3) is 5.27. The van der Waals surface area contributed by atoms with Crippen molar-refractivity contribution in [2.75, 3.05) is 14.1 Å². The SMILES string of the molecule is C=C(Cc1cccc(-c2cccc(C)c2)c1)N(C)C(N)=NC.CC. The number of hydrogen-bond acceptors (Lipinski definition) is 1. The predicted octanol–water partition coefficient (Wildman–Crippen LogP) is 4.62. The van der Waals surface area contributed by atoms with E-state index in [0.717, 1.165) is 12.1 Å². The first-order valence-electron chi connectivity index (χ1n) is 8.31. The second kappa shape index (κ2) is 9.56. The average molecular weight is 323 g/mol. The van der Waals surface area contributed by atoms with E-state index < -0.39 is 0 Å². The second-order valence-electron chi connectivity index (χ2n) is 5.45. The molecule has 0 fully saturated rings. The molecule has 0 amide bonds. The molecule has 3 heteroatoms. The molecule has 2 aromatic carbocycles. The van der Waals surface area contributed by atoms with Crippen molar-refractivity contribution in [1.29, 1.82) is 0 Å². The summed E-state index contributed by atoms with van der Waals surface area (Å²) in [6.45, 7) is 10.2. The van der Waals surface area contributed by atoms with Crippen LogP contribution in [0.25, 0.3) is 11.1 Å². The Morgan fingerprint density at radius 1 is 1.08 bits per heavy atom. The molecule has 0 saturated carbocycles. The number of likely N-dealkylation sites (N-methyl/N-ethyl adjacent to an activating group) is 1. The lowest BCUT2D eigenvalue weighted by atomic mass is 10.00. The summed E-state index contributed by atoms with van der Waals surface area (Å²) in [6, 6.07) is 17.0. The van der Waals surface area contributed by atoms with E-state index in [1.54, 1.807) is 7.05 Å². The van der Waals surface area contributed by atoms with Crippen LogP contribution in [0.4, 0.5) is 0 Å².